The summed E-state index contributed by atoms with van der Waals surface area (Å²) in [5, 5.41) is 0. The molecule has 0 saturated carbocycles. The minimum absolute atomic E-state index is 0.837. The molecule has 1 aromatic carbocycles. The Labute approximate surface area is 130 Å². The second kappa shape index (κ2) is 8.52. The molecular weight excluding hydrogens is 258 g/mol. The van der Waals surface area contributed by atoms with Crippen molar-refractivity contribution in [3.05, 3.63) is 34.9 Å². The molecule has 1 saturated heterocycles. The third-order valence-electron chi connectivity index (χ3n) is 4.67. The van der Waals surface area contributed by atoms with E-state index in [0.717, 1.165) is 13.1 Å². The van der Waals surface area contributed by atoms with Crippen LogP contribution in [0.25, 0.3) is 0 Å². The van der Waals surface area contributed by atoms with Crippen molar-refractivity contribution in [2.75, 3.05) is 39.3 Å². The number of rotatable bonds is 7. The standard InChI is InChI=1S/C18H31N3/c1-16-7-6-8-17(2)18(16)15-21-13-11-20(12-14-21)10-5-3-4-9-19/h6-8H,3-5,9-15,19H2,1-2H3. The summed E-state index contributed by atoms with van der Waals surface area (Å²) in [6, 6.07) is 6.62. The fourth-order valence-electron chi connectivity index (χ4n) is 3.15. The minimum atomic E-state index is 0.837. The van der Waals surface area contributed by atoms with Crippen molar-refractivity contribution in [1.29, 1.82) is 0 Å². The van der Waals surface area contributed by atoms with Crippen LogP contribution in [0.5, 0.6) is 0 Å². The topological polar surface area (TPSA) is 32.5 Å². The van der Waals surface area contributed by atoms with Gasteiger partial charge in [-0.3, -0.25) is 4.90 Å². The molecule has 118 valence electrons. The van der Waals surface area contributed by atoms with Crippen molar-refractivity contribution in [2.24, 2.45) is 5.73 Å². The number of piperazine rings is 1. The minimum Gasteiger partial charge on any atom is -0.330 e. The molecule has 2 N–H and O–H groups in total. The zero-order chi connectivity index (χ0) is 15.1. The van der Waals surface area contributed by atoms with Crippen LogP contribution in [0.1, 0.15) is 36.0 Å². The van der Waals surface area contributed by atoms with E-state index in [4.69, 9.17) is 5.73 Å². The van der Waals surface area contributed by atoms with E-state index in [1.54, 1.807) is 0 Å². The SMILES string of the molecule is Cc1cccc(C)c1CN1CCN(CCCCCN)CC1. The lowest BCUT2D eigenvalue weighted by Gasteiger charge is -2.35. The van der Waals surface area contributed by atoms with Crippen molar-refractivity contribution in [3.8, 4) is 0 Å². The van der Waals surface area contributed by atoms with Gasteiger partial charge in [-0.15, -0.1) is 0 Å². The van der Waals surface area contributed by atoms with Gasteiger partial charge in [-0.05, 0) is 56.5 Å². The molecule has 0 atom stereocenters. The van der Waals surface area contributed by atoms with E-state index in [0.29, 0.717) is 0 Å². The molecule has 1 fully saturated rings. The van der Waals surface area contributed by atoms with Crippen LogP contribution in [0.2, 0.25) is 0 Å². The van der Waals surface area contributed by atoms with Gasteiger partial charge in [0.1, 0.15) is 0 Å². The van der Waals surface area contributed by atoms with Gasteiger partial charge in [0.2, 0.25) is 0 Å². The van der Waals surface area contributed by atoms with Gasteiger partial charge in [-0.2, -0.15) is 0 Å². The molecule has 21 heavy (non-hydrogen) atoms. The van der Waals surface area contributed by atoms with Crippen molar-refractivity contribution in [1.82, 2.24) is 9.80 Å². The summed E-state index contributed by atoms with van der Waals surface area (Å²) < 4.78 is 0. The maximum Gasteiger partial charge on any atom is 0.0240 e. The number of hydrogen-bond acceptors (Lipinski definition) is 3. The first kappa shape index (κ1) is 16.5. The summed E-state index contributed by atoms with van der Waals surface area (Å²) in [6.07, 6.45) is 3.75. The fraction of sp³-hybridized carbons (Fsp3) is 0.667. The van der Waals surface area contributed by atoms with Gasteiger partial charge < -0.3 is 10.6 Å². The maximum absolute atomic E-state index is 5.54. The Hall–Kier alpha value is -0.900. The molecule has 0 amide bonds. The highest BCUT2D eigenvalue weighted by atomic mass is 15.3. The quantitative estimate of drug-likeness (QED) is 0.783. The van der Waals surface area contributed by atoms with Gasteiger partial charge in [0.15, 0.2) is 0 Å². The number of hydrogen-bond donors (Lipinski definition) is 1. The molecule has 2 rings (SSSR count). The number of nitrogens with zero attached hydrogens (tertiary/aromatic N) is 2. The van der Waals surface area contributed by atoms with Crippen LogP contribution >= 0.6 is 0 Å². The Morgan fingerprint density at radius 3 is 2.14 bits per heavy atom. The van der Waals surface area contributed by atoms with Crippen molar-refractivity contribution in [3.63, 3.8) is 0 Å². The number of aryl methyl sites for hydroxylation is 2. The van der Waals surface area contributed by atoms with Gasteiger partial charge in [-0.1, -0.05) is 24.6 Å². The summed E-state index contributed by atoms with van der Waals surface area (Å²) in [4.78, 5) is 5.21. The van der Waals surface area contributed by atoms with Gasteiger partial charge in [0, 0.05) is 32.7 Å². The molecule has 0 unspecified atom stereocenters. The lowest BCUT2D eigenvalue weighted by molar-refractivity contribution is 0.125. The van der Waals surface area contributed by atoms with Crippen LogP contribution in [0.3, 0.4) is 0 Å². The summed E-state index contributed by atoms with van der Waals surface area (Å²) in [6.45, 7) is 12.5. The molecule has 0 aliphatic carbocycles. The molecule has 3 nitrogen and oxygen atoms in total. The van der Waals surface area contributed by atoms with E-state index in [2.05, 4.69) is 41.8 Å². The van der Waals surface area contributed by atoms with Gasteiger partial charge in [0.25, 0.3) is 0 Å². The first-order valence-corrected chi connectivity index (χ1v) is 8.40. The smallest absolute Gasteiger partial charge is 0.0240 e. The van der Waals surface area contributed by atoms with E-state index in [-0.39, 0.29) is 0 Å². The molecule has 0 radical (unpaired) electrons. The molecule has 1 aromatic rings. The zero-order valence-corrected chi connectivity index (χ0v) is 13.8. The Morgan fingerprint density at radius 2 is 1.52 bits per heavy atom. The van der Waals surface area contributed by atoms with Crippen LogP contribution < -0.4 is 5.73 Å². The highest BCUT2D eigenvalue weighted by Crippen LogP contribution is 2.17. The summed E-state index contributed by atoms with van der Waals surface area (Å²) >= 11 is 0. The molecule has 1 heterocycles. The second-order valence-corrected chi connectivity index (χ2v) is 6.34. The van der Waals surface area contributed by atoms with Crippen molar-refractivity contribution in [2.45, 2.75) is 39.7 Å². The number of unbranched alkanes of at least 4 members (excludes halogenated alkanes) is 2. The Balaban J connectivity index is 1.74. The first-order chi connectivity index (χ1) is 10.2. The van der Waals surface area contributed by atoms with Crippen LogP contribution in [0.15, 0.2) is 18.2 Å². The molecular formula is C18H31N3. The molecule has 0 spiro atoms. The van der Waals surface area contributed by atoms with E-state index in [9.17, 15) is 0 Å². The van der Waals surface area contributed by atoms with Crippen molar-refractivity contribution >= 4 is 0 Å². The predicted octanol–water partition coefficient (Wildman–Crippen LogP) is 2.55. The maximum atomic E-state index is 5.54. The fourth-order valence-corrected chi connectivity index (χ4v) is 3.15. The molecule has 1 aliphatic heterocycles. The highest BCUT2D eigenvalue weighted by molar-refractivity contribution is 5.33. The number of benzene rings is 1. The molecule has 3 heteroatoms. The Kier molecular flexibility index (Phi) is 6.68. The average molecular weight is 289 g/mol. The van der Waals surface area contributed by atoms with Gasteiger partial charge >= 0.3 is 0 Å². The van der Waals surface area contributed by atoms with Crippen LogP contribution in [-0.2, 0) is 6.54 Å². The normalized spacial score (nSPS) is 17.3. The average Bonchev–Trinajstić information content (AvgIpc) is 2.49. The predicted molar refractivity (Wildman–Crippen MR) is 90.5 cm³/mol. The lowest BCUT2D eigenvalue weighted by Crippen LogP contribution is -2.46. The summed E-state index contributed by atoms with van der Waals surface area (Å²) in [5.74, 6) is 0. The first-order valence-electron chi connectivity index (χ1n) is 8.40. The Morgan fingerprint density at radius 1 is 0.905 bits per heavy atom. The number of nitrogens with two attached hydrogens (primary N) is 1. The molecule has 0 bridgehead atoms. The third kappa shape index (κ3) is 5.10. The lowest BCUT2D eigenvalue weighted by atomic mass is 10.0. The van der Waals surface area contributed by atoms with Crippen LogP contribution in [0.4, 0.5) is 0 Å². The Bertz CT molecular complexity index is 402. The van der Waals surface area contributed by atoms with E-state index >= 15 is 0 Å². The monoisotopic (exact) mass is 289 g/mol. The third-order valence-corrected chi connectivity index (χ3v) is 4.67. The second-order valence-electron chi connectivity index (χ2n) is 6.34. The van der Waals surface area contributed by atoms with E-state index in [1.165, 1.54) is 68.7 Å². The molecule has 0 aromatic heterocycles. The van der Waals surface area contributed by atoms with Crippen molar-refractivity contribution < 1.29 is 0 Å². The van der Waals surface area contributed by atoms with Crippen LogP contribution in [-0.4, -0.2) is 49.1 Å². The van der Waals surface area contributed by atoms with Gasteiger partial charge in [-0.25, -0.2) is 0 Å². The van der Waals surface area contributed by atoms with E-state index in [1.807, 2.05) is 0 Å². The molecule has 1 aliphatic rings. The highest BCUT2D eigenvalue weighted by Gasteiger charge is 2.17. The zero-order valence-electron chi connectivity index (χ0n) is 13.8. The van der Waals surface area contributed by atoms with Crippen LogP contribution in [0, 0.1) is 13.8 Å². The van der Waals surface area contributed by atoms with Gasteiger partial charge in [0.05, 0.1) is 0 Å². The summed E-state index contributed by atoms with van der Waals surface area (Å²) in [7, 11) is 0. The van der Waals surface area contributed by atoms with E-state index < -0.39 is 0 Å². The largest absolute Gasteiger partial charge is 0.330 e. The summed E-state index contributed by atoms with van der Waals surface area (Å²) in [5.41, 5.74) is 9.93.